The van der Waals surface area contributed by atoms with Gasteiger partial charge in [-0.1, -0.05) is 18.2 Å². The van der Waals surface area contributed by atoms with E-state index in [1.165, 1.54) is 0 Å². The quantitative estimate of drug-likeness (QED) is 0.383. The first-order valence-corrected chi connectivity index (χ1v) is 9.64. The second kappa shape index (κ2) is 8.44. The zero-order valence-electron chi connectivity index (χ0n) is 16.1. The maximum absolute atomic E-state index is 5.86. The van der Waals surface area contributed by atoms with Gasteiger partial charge in [-0.2, -0.15) is 0 Å². The zero-order chi connectivity index (χ0) is 19.3. The van der Waals surface area contributed by atoms with E-state index in [9.17, 15) is 0 Å². The highest BCUT2D eigenvalue weighted by atomic mass is 32.2. The van der Waals surface area contributed by atoms with Crippen LogP contribution in [0.5, 0.6) is 5.75 Å². The predicted molar refractivity (Wildman–Crippen MR) is 112 cm³/mol. The lowest BCUT2D eigenvalue weighted by Gasteiger charge is -2.12. The number of aromatic nitrogens is 1. The Kier molecular flexibility index (Phi) is 6.01. The molecule has 2 aromatic carbocycles. The molecule has 0 radical (unpaired) electrons. The molecule has 0 fully saturated rings. The van der Waals surface area contributed by atoms with E-state index in [0.29, 0.717) is 12.5 Å². The van der Waals surface area contributed by atoms with E-state index in [1.54, 1.807) is 11.9 Å². The Morgan fingerprint density at radius 3 is 2.44 bits per heavy atom. The molecule has 0 aliphatic heterocycles. The van der Waals surface area contributed by atoms with Gasteiger partial charge in [0.2, 0.25) is 5.89 Å². The topological polar surface area (TPSA) is 47.6 Å². The van der Waals surface area contributed by atoms with E-state index in [2.05, 4.69) is 30.2 Å². The molecule has 0 saturated heterocycles. The number of aryl methyl sites for hydroxylation is 1. The van der Waals surface area contributed by atoms with Crippen LogP contribution in [0, 0.1) is 6.92 Å². The van der Waals surface area contributed by atoms with Crippen molar-refractivity contribution < 1.29 is 9.15 Å². The highest BCUT2D eigenvalue weighted by Crippen LogP contribution is 2.24. The number of rotatable bonds is 6. The number of hydrogen-bond acceptors (Lipinski definition) is 5. The monoisotopic (exact) mass is 380 g/mol. The Hall–Kier alpha value is -2.53. The SMILES string of the molecule is Cc1oc(-c2ccccc2)nc1COc1ccc(/C=N/SC(C)(C)C)cc1. The van der Waals surface area contributed by atoms with Crippen molar-refractivity contribution in [2.24, 2.45) is 4.40 Å². The van der Waals surface area contributed by atoms with Crippen LogP contribution in [0.2, 0.25) is 0 Å². The molecule has 0 amide bonds. The average molecular weight is 381 g/mol. The predicted octanol–water partition coefficient (Wildman–Crippen LogP) is 6.09. The van der Waals surface area contributed by atoms with Crippen LogP contribution >= 0.6 is 11.9 Å². The summed E-state index contributed by atoms with van der Waals surface area (Å²) >= 11 is 1.56. The van der Waals surface area contributed by atoms with Crippen molar-refractivity contribution in [1.82, 2.24) is 4.98 Å². The van der Waals surface area contributed by atoms with Crippen LogP contribution in [0.15, 0.2) is 63.4 Å². The van der Waals surface area contributed by atoms with Crippen molar-refractivity contribution in [3.05, 3.63) is 71.6 Å². The summed E-state index contributed by atoms with van der Waals surface area (Å²) in [7, 11) is 0. The molecule has 1 aromatic heterocycles. The fourth-order valence-corrected chi connectivity index (χ4v) is 2.80. The largest absolute Gasteiger partial charge is 0.487 e. The first-order valence-electron chi connectivity index (χ1n) is 8.87. The molecule has 0 N–H and O–H groups in total. The molecule has 0 unspecified atom stereocenters. The standard InChI is InChI=1S/C22H24N2O2S/c1-16-20(24-21(26-16)18-8-6-5-7-9-18)15-25-19-12-10-17(11-13-19)14-23-27-22(2,3)4/h5-14H,15H2,1-4H3/b23-14+. The zero-order valence-corrected chi connectivity index (χ0v) is 16.9. The second-order valence-corrected chi connectivity index (χ2v) is 8.80. The van der Waals surface area contributed by atoms with Crippen molar-refractivity contribution >= 4 is 18.2 Å². The summed E-state index contributed by atoms with van der Waals surface area (Å²) in [4.78, 5) is 4.56. The third-order valence-electron chi connectivity index (χ3n) is 3.70. The van der Waals surface area contributed by atoms with Crippen LogP contribution in [-0.2, 0) is 6.61 Å². The minimum atomic E-state index is 0.119. The molecule has 0 bridgehead atoms. The molecule has 5 heteroatoms. The lowest BCUT2D eigenvalue weighted by atomic mass is 10.2. The molecule has 140 valence electrons. The normalized spacial score (nSPS) is 11.9. The summed E-state index contributed by atoms with van der Waals surface area (Å²) in [6.07, 6.45) is 1.87. The molecule has 0 spiro atoms. The van der Waals surface area contributed by atoms with Crippen LogP contribution in [0.4, 0.5) is 0 Å². The second-order valence-electron chi connectivity index (χ2n) is 7.18. The Morgan fingerprint density at radius 1 is 1.07 bits per heavy atom. The van der Waals surface area contributed by atoms with E-state index >= 15 is 0 Å². The Balaban J connectivity index is 1.60. The molecule has 0 saturated carbocycles. The van der Waals surface area contributed by atoms with E-state index < -0.39 is 0 Å². The van der Waals surface area contributed by atoms with Crippen LogP contribution in [0.1, 0.15) is 37.8 Å². The van der Waals surface area contributed by atoms with Gasteiger partial charge in [0.05, 0.1) is 0 Å². The van der Waals surface area contributed by atoms with Crippen LogP contribution < -0.4 is 4.74 Å². The van der Waals surface area contributed by atoms with Gasteiger partial charge >= 0.3 is 0 Å². The minimum Gasteiger partial charge on any atom is -0.487 e. The van der Waals surface area contributed by atoms with Gasteiger partial charge in [-0.3, -0.25) is 0 Å². The average Bonchev–Trinajstić information content (AvgIpc) is 3.02. The van der Waals surface area contributed by atoms with Crippen molar-refractivity contribution in [2.45, 2.75) is 39.0 Å². The molecule has 0 aliphatic rings. The molecule has 0 atom stereocenters. The molecule has 4 nitrogen and oxygen atoms in total. The first kappa shape index (κ1) is 19.2. The van der Waals surface area contributed by atoms with Gasteiger partial charge in [-0.15, -0.1) is 0 Å². The van der Waals surface area contributed by atoms with Gasteiger partial charge < -0.3 is 9.15 Å². The van der Waals surface area contributed by atoms with E-state index in [1.807, 2.05) is 67.7 Å². The number of hydrogen-bond donors (Lipinski definition) is 0. The van der Waals surface area contributed by atoms with Crippen LogP contribution in [-0.4, -0.2) is 15.9 Å². The van der Waals surface area contributed by atoms with Gasteiger partial charge in [0, 0.05) is 16.5 Å². The summed E-state index contributed by atoms with van der Waals surface area (Å²) in [5.41, 5.74) is 2.81. The minimum absolute atomic E-state index is 0.119. The molecular weight excluding hydrogens is 356 g/mol. The summed E-state index contributed by atoms with van der Waals surface area (Å²) < 4.78 is 16.2. The summed E-state index contributed by atoms with van der Waals surface area (Å²) in [5, 5.41) is 0. The fraction of sp³-hybridized carbons (Fsp3) is 0.273. The fourth-order valence-electron chi connectivity index (χ4n) is 2.31. The van der Waals surface area contributed by atoms with E-state index in [0.717, 1.165) is 28.3 Å². The van der Waals surface area contributed by atoms with Gasteiger partial charge in [-0.05, 0) is 81.6 Å². The van der Waals surface area contributed by atoms with E-state index in [4.69, 9.17) is 9.15 Å². The first-order chi connectivity index (χ1) is 12.9. The van der Waals surface area contributed by atoms with Crippen molar-refractivity contribution in [3.63, 3.8) is 0 Å². The number of nitrogens with zero attached hydrogens (tertiary/aromatic N) is 2. The molecule has 0 aliphatic carbocycles. The highest BCUT2D eigenvalue weighted by molar-refractivity contribution is 7.99. The molecule has 3 aromatic rings. The van der Waals surface area contributed by atoms with Gasteiger partial charge in [0.1, 0.15) is 23.8 Å². The highest BCUT2D eigenvalue weighted by Gasteiger charge is 2.12. The summed E-state index contributed by atoms with van der Waals surface area (Å²) in [5.74, 6) is 2.19. The van der Waals surface area contributed by atoms with Crippen molar-refractivity contribution in [2.75, 3.05) is 0 Å². The lowest BCUT2D eigenvalue weighted by Crippen LogP contribution is -2.04. The number of oxazole rings is 1. The number of benzene rings is 2. The van der Waals surface area contributed by atoms with Gasteiger partial charge in [0.25, 0.3) is 0 Å². The van der Waals surface area contributed by atoms with Gasteiger partial charge in [-0.25, -0.2) is 9.38 Å². The Labute approximate surface area is 164 Å². The van der Waals surface area contributed by atoms with E-state index in [-0.39, 0.29) is 4.75 Å². The Bertz CT molecular complexity index is 894. The number of ether oxygens (including phenoxy) is 1. The maximum Gasteiger partial charge on any atom is 0.226 e. The molecule has 1 heterocycles. The van der Waals surface area contributed by atoms with Crippen molar-refractivity contribution in [3.8, 4) is 17.2 Å². The summed E-state index contributed by atoms with van der Waals surface area (Å²) in [6, 6.07) is 17.7. The Morgan fingerprint density at radius 2 is 1.78 bits per heavy atom. The van der Waals surface area contributed by atoms with Crippen molar-refractivity contribution in [1.29, 1.82) is 0 Å². The van der Waals surface area contributed by atoms with Crippen LogP contribution in [0.25, 0.3) is 11.5 Å². The molecule has 3 rings (SSSR count). The smallest absolute Gasteiger partial charge is 0.226 e. The maximum atomic E-state index is 5.86. The molecule has 27 heavy (non-hydrogen) atoms. The lowest BCUT2D eigenvalue weighted by molar-refractivity contribution is 0.299. The van der Waals surface area contributed by atoms with Gasteiger partial charge in [0.15, 0.2) is 0 Å². The summed E-state index contributed by atoms with van der Waals surface area (Å²) in [6.45, 7) is 8.70. The molecular formula is C22H24N2O2S. The van der Waals surface area contributed by atoms with Crippen LogP contribution in [0.3, 0.4) is 0 Å². The third-order valence-corrected chi connectivity index (χ3v) is 4.46. The third kappa shape index (κ3) is 5.73.